The molecular formula is C23H26BrF3N2O. The van der Waals surface area contributed by atoms with Gasteiger partial charge in [0.05, 0.1) is 11.3 Å². The molecule has 0 spiro atoms. The Balaban J connectivity index is 1.73. The zero-order valence-corrected chi connectivity index (χ0v) is 18.5. The number of oxime groups is 1. The third kappa shape index (κ3) is 5.64. The highest BCUT2D eigenvalue weighted by Gasteiger charge is 2.35. The zero-order valence-electron chi connectivity index (χ0n) is 16.9. The van der Waals surface area contributed by atoms with Gasteiger partial charge in [0.1, 0.15) is 6.61 Å². The topological polar surface area (TPSA) is 47.6 Å². The maximum absolute atomic E-state index is 13.7. The Kier molecular flexibility index (Phi) is 7.58. The van der Waals surface area contributed by atoms with Crippen molar-refractivity contribution in [1.82, 2.24) is 0 Å². The summed E-state index contributed by atoms with van der Waals surface area (Å²) in [4.78, 5) is 5.37. The summed E-state index contributed by atoms with van der Waals surface area (Å²) in [5.41, 5.74) is 8.44. The molecule has 3 nitrogen and oxygen atoms in total. The first-order valence-corrected chi connectivity index (χ1v) is 10.9. The third-order valence-electron chi connectivity index (χ3n) is 5.59. The molecule has 0 saturated heterocycles. The Hall–Kier alpha value is -1.86. The van der Waals surface area contributed by atoms with E-state index in [2.05, 4.69) is 21.1 Å². The smallest absolute Gasteiger partial charge is 0.391 e. The molecule has 3 rings (SSSR count). The lowest BCUT2D eigenvalue weighted by Gasteiger charge is -2.25. The molecule has 2 aromatic rings. The lowest BCUT2D eigenvalue weighted by Crippen LogP contribution is -2.15. The van der Waals surface area contributed by atoms with E-state index >= 15 is 0 Å². The monoisotopic (exact) mass is 482 g/mol. The minimum Gasteiger partial charge on any atom is -0.391 e. The fourth-order valence-corrected chi connectivity index (χ4v) is 4.44. The van der Waals surface area contributed by atoms with Gasteiger partial charge in [-0.25, -0.2) is 0 Å². The predicted octanol–water partition coefficient (Wildman–Crippen LogP) is 6.92. The summed E-state index contributed by atoms with van der Waals surface area (Å²) in [6.07, 6.45) is 0.347. The first kappa shape index (κ1) is 22.8. The van der Waals surface area contributed by atoms with Crippen LogP contribution in [0.1, 0.15) is 72.8 Å². The molecule has 1 aliphatic rings. The molecule has 7 heteroatoms. The molecule has 2 aromatic carbocycles. The van der Waals surface area contributed by atoms with Gasteiger partial charge in [0.15, 0.2) is 0 Å². The van der Waals surface area contributed by atoms with E-state index in [1.54, 1.807) is 19.1 Å². The maximum atomic E-state index is 13.7. The van der Waals surface area contributed by atoms with Gasteiger partial charge in [0.2, 0.25) is 0 Å². The molecule has 0 bridgehead atoms. The van der Waals surface area contributed by atoms with Crippen molar-refractivity contribution in [3.8, 4) is 0 Å². The average molecular weight is 483 g/mol. The summed E-state index contributed by atoms with van der Waals surface area (Å²) >= 11 is 3.46. The molecule has 0 atom stereocenters. The van der Waals surface area contributed by atoms with Gasteiger partial charge in [-0.1, -0.05) is 64.6 Å². The van der Waals surface area contributed by atoms with Gasteiger partial charge in [-0.2, -0.15) is 13.2 Å². The van der Waals surface area contributed by atoms with Crippen molar-refractivity contribution in [1.29, 1.82) is 0 Å². The molecule has 1 saturated carbocycles. The van der Waals surface area contributed by atoms with Gasteiger partial charge in [-0.05, 0) is 54.5 Å². The number of nitrogens with zero attached hydrogens (tertiary/aromatic N) is 1. The second kappa shape index (κ2) is 9.96. The van der Waals surface area contributed by atoms with Crippen molar-refractivity contribution in [2.24, 2.45) is 10.9 Å². The van der Waals surface area contributed by atoms with E-state index in [-0.39, 0.29) is 12.5 Å². The number of benzene rings is 2. The molecule has 1 fully saturated rings. The van der Waals surface area contributed by atoms with Crippen molar-refractivity contribution < 1.29 is 18.0 Å². The number of halogens is 4. The zero-order chi connectivity index (χ0) is 21.7. The largest absolute Gasteiger partial charge is 0.416 e. The Morgan fingerprint density at radius 3 is 2.50 bits per heavy atom. The molecular weight excluding hydrogens is 457 g/mol. The van der Waals surface area contributed by atoms with E-state index in [1.807, 2.05) is 18.2 Å². The SMILES string of the molecule is CC(=NOCc1ccc(C2CCCCC2)c(C(F)(F)F)c1)c1ccc(CN)c(Br)c1. The highest BCUT2D eigenvalue weighted by atomic mass is 79.9. The standard InChI is InChI=1S/C23H26BrF3N2O/c1-15(18-8-9-19(13-28)22(24)12-18)29-30-14-16-7-10-20(17-5-3-2-4-6-17)21(11-16)23(25,26)27/h7-12,17H,2-6,13-14,28H2,1H3. The number of nitrogens with two attached hydrogens (primary N) is 1. The van der Waals surface area contributed by atoms with Gasteiger partial charge in [0, 0.05) is 16.6 Å². The van der Waals surface area contributed by atoms with Crippen LogP contribution in [0.2, 0.25) is 0 Å². The Labute approximate surface area is 183 Å². The highest BCUT2D eigenvalue weighted by Crippen LogP contribution is 2.41. The summed E-state index contributed by atoms with van der Waals surface area (Å²) in [5.74, 6) is -0.0134. The van der Waals surface area contributed by atoms with Crippen molar-refractivity contribution >= 4 is 21.6 Å². The van der Waals surface area contributed by atoms with Crippen LogP contribution in [0.4, 0.5) is 13.2 Å². The normalized spacial score (nSPS) is 16.0. The van der Waals surface area contributed by atoms with Crippen LogP contribution in [0.25, 0.3) is 0 Å². The van der Waals surface area contributed by atoms with Gasteiger partial charge in [0.25, 0.3) is 0 Å². The molecule has 0 unspecified atom stereocenters. The van der Waals surface area contributed by atoms with Crippen molar-refractivity contribution in [2.45, 2.75) is 64.3 Å². The van der Waals surface area contributed by atoms with Gasteiger partial charge in [-0.15, -0.1) is 0 Å². The first-order valence-electron chi connectivity index (χ1n) is 10.1. The summed E-state index contributed by atoms with van der Waals surface area (Å²) < 4.78 is 41.9. The quantitative estimate of drug-likeness (QED) is 0.358. The molecule has 2 N–H and O–H groups in total. The van der Waals surface area contributed by atoms with Crippen LogP contribution in [0.3, 0.4) is 0 Å². The van der Waals surface area contributed by atoms with Gasteiger partial charge >= 0.3 is 6.18 Å². The van der Waals surface area contributed by atoms with Crippen molar-refractivity contribution in [3.05, 3.63) is 68.7 Å². The number of hydrogen-bond acceptors (Lipinski definition) is 3. The second-order valence-electron chi connectivity index (χ2n) is 7.71. The first-order chi connectivity index (χ1) is 14.3. The van der Waals surface area contributed by atoms with Crippen LogP contribution in [0.15, 0.2) is 46.0 Å². The lowest BCUT2D eigenvalue weighted by molar-refractivity contribution is -0.138. The minimum absolute atomic E-state index is 0.0134. The van der Waals surface area contributed by atoms with E-state index in [9.17, 15) is 13.2 Å². The molecule has 0 aromatic heterocycles. The van der Waals surface area contributed by atoms with Crippen LogP contribution >= 0.6 is 15.9 Å². The van der Waals surface area contributed by atoms with Crippen LogP contribution in [0.5, 0.6) is 0 Å². The summed E-state index contributed by atoms with van der Waals surface area (Å²) in [5, 5.41) is 4.07. The number of alkyl halides is 3. The van der Waals surface area contributed by atoms with E-state index in [0.29, 0.717) is 23.4 Å². The Morgan fingerprint density at radius 1 is 1.13 bits per heavy atom. The molecule has 0 radical (unpaired) electrons. The summed E-state index contributed by atoms with van der Waals surface area (Å²) in [7, 11) is 0. The molecule has 1 aliphatic carbocycles. The minimum atomic E-state index is -4.38. The predicted molar refractivity (Wildman–Crippen MR) is 116 cm³/mol. The van der Waals surface area contributed by atoms with E-state index in [1.165, 1.54) is 6.07 Å². The van der Waals surface area contributed by atoms with Crippen LogP contribution in [-0.4, -0.2) is 5.71 Å². The van der Waals surface area contributed by atoms with E-state index < -0.39 is 11.7 Å². The third-order valence-corrected chi connectivity index (χ3v) is 6.33. The fraction of sp³-hybridized carbons (Fsp3) is 0.435. The van der Waals surface area contributed by atoms with E-state index in [0.717, 1.165) is 47.7 Å². The van der Waals surface area contributed by atoms with Crippen molar-refractivity contribution in [2.75, 3.05) is 0 Å². The van der Waals surface area contributed by atoms with E-state index in [4.69, 9.17) is 10.6 Å². The molecule has 0 aliphatic heterocycles. The van der Waals surface area contributed by atoms with Crippen LogP contribution in [0, 0.1) is 0 Å². The average Bonchev–Trinajstić information content (AvgIpc) is 2.73. The Bertz CT molecular complexity index is 906. The Morgan fingerprint density at radius 2 is 1.87 bits per heavy atom. The van der Waals surface area contributed by atoms with Crippen molar-refractivity contribution in [3.63, 3.8) is 0 Å². The molecule has 0 amide bonds. The molecule has 0 heterocycles. The lowest BCUT2D eigenvalue weighted by atomic mass is 9.81. The van der Waals surface area contributed by atoms with Crippen LogP contribution < -0.4 is 5.73 Å². The maximum Gasteiger partial charge on any atom is 0.416 e. The van der Waals surface area contributed by atoms with Gasteiger partial charge < -0.3 is 10.6 Å². The fourth-order valence-electron chi connectivity index (χ4n) is 3.90. The van der Waals surface area contributed by atoms with Crippen LogP contribution in [-0.2, 0) is 24.2 Å². The second-order valence-corrected chi connectivity index (χ2v) is 8.57. The van der Waals surface area contributed by atoms with Gasteiger partial charge in [-0.3, -0.25) is 0 Å². The molecule has 162 valence electrons. The summed E-state index contributed by atoms with van der Waals surface area (Å²) in [6.45, 7) is 2.19. The summed E-state index contributed by atoms with van der Waals surface area (Å²) in [6, 6.07) is 10.2. The molecule has 30 heavy (non-hydrogen) atoms. The highest BCUT2D eigenvalue weighted by molar-refractivity contribution is 9.10. The number of rotatable bonds is 6. The number of hydrogen-bond donors (Lipinski definition) is 1.